The Morgan fingerprint density at radius 1 is 1.00 bits per heavy atom. The SMILES string of the molecule is Cc1ccccc1CNC(=O)Cn1nnc(CCN2C(=O)c3ccccc3C2=O)n1. The Kier molecular flexibility index (Phi) is 5.34. The number of fused-ring (bicyclic) bond motifs is 1. The number of hydrogen-bond acceptors (Lipinski definition) is 6. The maximum Gasteiger partial charge on any atom is 0.261 e. The summed E-state index contributed by atoms with van der Waals surface area (Å²) in [6, 6.07) is 14.5. The van der Waals surface area contributed by atoms with Crippen molar-refractivity contribution < 1.29 is 14.4 Å². The molecule has 0 unspecified atom stereocenters. The Labute approximate surface area is 172 Å². The van der Waals surface area contributed by atoms with Gasteiger partial charge in [0.1, 0.15) is 6.54 Å². The van der Waals surface area contributed by atoms with Gasteiger partial charge >= 0.3 is 0 Å². The first-order valence-electron chi connectivity index (χ1n) is 9.56. The Morgan fingerprint density at radius 2 is 1.67 bits per heavy atom. The Hall–Kier alpha value is -3.88. The molecule has 1 N–H and O–H groups in total. The predicted molar refractivity (Wildman–Crippen MR) is 106 cm³/mol. The summed E-state index contributed by atoms with van der Waals surface area (Å²) in [7, 11) is 0. The summed E-state index contributed by atoms with van der Waals surface area (Å²) < 4.78 is 0. The minimum Gasteiger partial charge on any atom is -0.350 e. The third kappa shape index (κ3) is 3.95. The van der Waals surface area contributed by atoms with Crippen molar-refractivity contribution in [2.45, 2.75) is 26.4 Å². The molecule has 0 aliphatic carbocycles. The van der Waals surface area contributed by atoms with Crippen LogP contribution in [0.5, 0.6) is 0 Å². The number of imide groups is 1. The van der Waals surface area contributed by atoms with Gasteiger partial charge in [-0.3, -0.25) is 19.3 Å². The zero-order valence-corrected chi connectivity index (χ0v) is 16.4. The molecule has 1 aliphatic heterocycles. The Balaban J connectivity index is 1.29. The molecule has 30 heavy (non-hydrogen) atoms. The lowest BCUT2D eigenvalue weighted by Crippen LogP contribution is -2.32. The summed E-state index contributed by atoms with van der Waals surface area (Å²) in [5, 5.41) is 14.8. The number of nitrogens with one attached hydrogen (secondary N) is 1. The number of aromatic nitrogens is 4. The second-order valence-electron chi connectivity index (χ2n) is 7.00. The summed E-state index contributed by atoms with van der Waals surface area (Å²) in [5.74, 6) is -0.516. The number of hydrogen-bond donors (Lipinski definition) is 1. The molecule has 0 radical (unpaired) electrons. The summed E-state index contributed by atoms with van der Waals surface area (Å²) in [4.78, 5) is 39.3. The van der Waals surface area contributed by atoms with Crippen LogP contribution >= 0.6 is 0 Å². The van der Waals surface area contributed by atoms with Crippen molar-refractivity contribution >= 4 is 17.7 Å². The first-order valence-corrected chi connectivity index (χ1v) is 9.56. The van der Waals surface area contributed by atoms with E-state index < -0.39 is 0 Å². The van der Waals surface area contributed by atoms with Crippen LogP contribution in [0.1, 0.15) is 37.7 Å². The summed E-state index contributed by atoms with van der Waals surface area (Å²) in [6.45, 7) is 2.50. The van der Waals surface area contributed by atoms with Gasteiger partial charge in [0.15, 0.2) is 5.82 Å². The maximum atomic E-state index is 12.4. The highest BCUT2D eigenvalue weighted by molar-refractivity contribution is 6.21. The van der Waals surface area contributed by atoms with Crippen LogP contribution in [0, 0.1) is 6.92 Å². The molecular formula is C21H20N6O3. The van der Waals surface area contributed by atoms with Gasteiger partial charge in [-0.1, -0.05) is 36.4 Å². The molecule has 152 valence electrons. The quantitative estimate of drug-likeness (QED) is 0.591. The van der Waals surface area contributed by atoms with E-state index in [1.807, 2.05) is 31.2 Å². The van der Waals surface area contributed by atoms with Gasteiger partial charge in [0.2, 0.25) is 5.91 Å². The second kappa shape index (κ2) is 8.24. The van der Waals surface area contributed by atoms with Crippen LogP contribution in [0.3, 0.4) is 0 Å². The maximum absolute atomic E-state index is 12.4. The second-order valence-corrected chi connectivity index (χ2v) is 7.00. The normalized spacial score (nSPS) is 12.9. The van der Waals surface area contributed by atoms with Crippen molar-refractivity contribution in [3.8, 4) is 0 Å². The van der Waals surface area contributed by atoms with E-state index in [0.717, 1.165) is 11.1 Å². The third-order valence-corrected chi connectivity index (χ3v) is 4.95. The number of carbonyl (C=O) groups excluding carboxylic acids is 3. The van der Waals surface area contributed by atoms with Crippen LogP contribution in [0.2, 0.25) is 0 Å². The fourth-order valence-corrected chi connectivity index (χ4v) is 3.28. The van der Waals surface area contributed by atoms with E-state index in [-0.39, 0.29) is 37.2 Å². The fourth-order valence-electron chi connectivity index (χ4n) is 3.28. The van der Waals surface area contributed by atoms with Crippen molar-refractivity contribution in [1.82, 2.24) is 30.4 Å². The first-order chi connectivity index (χ1) is 14.5. The number of carbonyl (C=O) groups is 3. The smallest absolute Gasteiger partial charge is 0.261 e. The van der Waals surface area contributed by atoms with Gasteiger partial charge in [0.05, 0.1) is 11.1 Å². The van der Waals surface area contributed by atoms with E-state index in [0.29, 0.717) is 23.5 Å². The lowest BCUT2D eigenvalue weighted by atomic mass is 10.1. The van der Waals surface area contributed by atoms with Crippen LogP contribution in [-0.4, -0.2) is 49.4 Å². The minimum atomic E-state index is -0.321. The Bertz CT molecular complexity index is 1090. The number of tetrazole rings is 1. The largest absolute Gasteiger partial charge is 0.350 e. The van der Waals surface area contributed by atoms with Gasteiger partial charge in [-0.15, -0.1) is 10.2 Å². The minimum absolute atomic E-state index is 0.0636. The van der Waals surface area contributed by atoms with Crippen LogP contribution in [-0.2, 0) is 24.3 Å². The lowest BCUT2D eigenvalue weighted by Gasteiger charge is -2.11. The van der Waals surface area contributed by atoms with Crippen molar-refractivity contribution in [2.75, 3.05) is 6.54 Å². The molecule has 0 saturated carbocycles. The van der Waals surface area contributed by atoms with Gasteiger partial charge in [0.25, 0.3) is 11.8 Å². The lowest BCUT2D eigenvalue weighted by molar-refractivity contribution is -0.122. The highest BCUT2D eigenvalue weighted by Gasteiger charge is 2.34. The fraction of sp³-hybridized carbons (Fsp3) is 0.238. The molecule has 9 heteroatoms. The van der Waals surface area contributed by atoms with E-state index in [2.05, 4.69) is 20.7 Å². The average molecular weight is 404 g/mol. The summed E-state index contributed by atoms with van der Waals surface area (Å²) >= 11 is 0. The molecule has 0 fully saturated rings. The van der Waals surface area contributed by atoms with Crippen molar-refractivity contribution in [1.29, 1.82) is 0 Å². The van der Waals surface area contributed by atoms with Crippen molar-refractivity contribution in [3.05, 3.63) is 76.6 Å². The van der Waals surface area contributed by atoms with E-state index in [1.165, 1.54) is 9.70 Å². The predicted octanol–water partition coefficient (Wildman–Crippen LogP) is 1.14. The van der Waals surface area contributed by atoms with Gasteiger partial charge in [-0.2, -0.15) is 4.80 Å². The molecule has 4 rings (SSSR count). The third-order valence-electron chi connectivity index (χ3n) is 4.95. The summed E-state index contributed by atoms with van der Waals surface area (Å²) in [6.07, 6.45) is 0.260. The molecule has 2 heterocycles. The number of amides is 3. The standard InChI is InChI=1S/C21H20N6O3/c1-14-6-2-3-7-15(14)12-22-19(28)13-27-24-18(23-25-27)10-11-26-20(29)16-8-4-5-9-17(16)21(26)30/h2-9H,10-13H2,1H3,(H,22,28). The molecule has 0 atom stereocenters. The van der Waals surface area contributed by atoms with Gasteiger partial charge < -0.3 is 5.32 Å². The van der Waals surface area contributed by atoms with Crippen molar-refractivity contribution in [3.63, 3.8) is 0 Å². The number of rotatable bonds is 7. The van der Waals surface area contributed by atoms with Crippen LogP contribution in [0.15, 0.2) is 48.5 Å². The molecule has 1 aromatic heterocycles. The molecule has 2 aromatic carbocycles. The average Bonchev–Trinajstić information content (AvgIpc) is 3.29. The van der Waals surface area contributed by atoms with Crippen molar-refractivity contribution in [2.24, 2.45) is 0 Å². The number of nitrogens with zero attached hydrogens (tertiary/aromatic N) is 5. The molecule has 0 saturated heterocycles. The number of aryl methyl sites for hydroxylation is 1. The molecule has 0 bridgehead atoms. The summed E-state index contributed by atoms with van der Waals surface area (Å²) in [5.41, 5.74) is 2.96. The van der Waals surface area contributed by atoms with Gasteiger partial charge in [-0.25, -0.2) is 0 Å². The van der Waals surface area contributed by atoms with Gasteiger partial charge in [-0.05, 0) is 35.4 Å². The Morgan fingerprint density at radius 3 is 2.37 bits per heavy atom. The van der Waals surface area contributed by atoms with E-state index >= 15 is 0 Å². The van der Waals surface area contributed by atoms with Crippen LogP contribution in [0.4, 0.5) is 0 Å². The molecule has 9 nitrogen and oxygen atoms in total. The monoisotopic (exact) mass is 404 g/mol. The highest BCUT2D eigenvalue weighted by Crippen LogP contribution is 2.22. The number of benzene rings is 2. The van der Waals surface area contributed by atoms with E-state index in [1.54, 1.807) is 24.3 Å². The van der Waals surface area contributed by atoms with Gasteiger partial charge in [0, 0.05) is 19.5 Å². The van der Waals surface area contributed by atoms with E-state index in [4.69, 9.17) is 0 Å². The topological polar surface area (TPSA) is 110 Å². The zero-order valence-electron chi connectivity index (χ0n) is 16.4. The zero-order chi connectivity index (χ0) is 21.1. The molecule has 1 aliphatic rings. The van der Waals surface area contributed by atoms with Crippen LogP contribution < -0.4 is 5.32 Å². The van der Waals surface area contributed by atoms with Crippen LogP contribution in [0.25, 0.3) is 0 Å². The van der Waals surface area contributed by atoms with E-state index in [9.17, 15) is 14.4 Å². The first kappa shape index (κ1) is 19.4. The molecule has 3 aromatic rings. The highest BCUT2D eigenvalue weighted by atomic mass is 16.2. The molecular weight excluding hydrogens is 384 g/mol. The molecule has 0 spiro atoms. The molecule has 3 amide bonds.